The molecule has 40 heavy (non-hydrogen) atoms. The largest absolute Gasteiger partial charge is 0.493 e. The molecule has 0 saturated carbocycles. The molecule has 0 aliphatic heterocycles. The van der Waals surface area contributed by atoms with E-state index >= 15 is 0 Å². The Labute approximate surface area is 228 Å². The van der Waals surface area contributed by atoms with Gasteiger partial charge in [0.2, 0.25) is 0 Å². The minimum absolute atomic E-state index is 0.0581. The van der Waals surface area contributed by atoms with Gasteiger partial charge in [0.05, 0.1) is 44.3 Å². The number of ether oxygens (including phenoxy) is 4. The molecule has 1 amide bonds. The number of hydrogen-bond acceptors (Lipinski definition) is 10. The standard InChI is InChI=1S/C28H23N7O5/c1-4-39-24-16-35(26-8-5-17(13-29)14-32-26)34-27(24)28(36)33-25-7-6-18(15-31-25)40-21-9-10-30-20-12-23(38-3)22(37-2)11-19(20)21/h5-12,14-16H,4H2,1-3H3,(H,31,33,36). The second-order valence-corrected chi connectivity index (χ2v) is 8.21. The van der Waals surface area contributed by atoms with Crippen molar-refractivity contribution in [2.45, 2.75) is 6.92 Å². The molecule has 0 spiro atoms. The molecule has 0 unspecified atom stereocenters. The first-order chi connectivity index (χ1) is 19.5. The van der Waals surface area contributed by atoms with Gasteiger partial charge in [-0.05, 0) is 43.3 Å². The second kappa shape index (κ2) is 11.4. The van der Waals surface area contributed by atoms with E-state index in [1.807, 2.05) is 6.07 Å². The van der Waals surface area contributed by atoms with Gasteiger partial charge in [0.15, 0.2) is 28.8 Å². The van der Waals surface area contributed by atoms with E-state index in [1.165, 1.54) is 17.1 Å². The first-order valence-electron chi connectivity index (χ1n) is 12.1. The topological polar surface area (TPSA) is 146 Å². The number of aromatic nitrogens is 5. The lowest BCUT2D eigenvalue weighted by Gasteiger charge is -2.12. The monoisotopic (exact) mass is 537 g/mol. The zero-order chi connectivity index (χ0) is 28.1. The van der Waals surface area contributed by atoms with E-state index in [4.69, 9.17) is 24.2 Å². The third kappa shape index (κ3) is 5.30. The van der Waals surface area contributed by atoms with Crippen LogP contribution in [0.2, 0.25) is 0 Å². The Bertz CT molecular complexity index is 1710. The molecule has 200 valence electrons. The fourth-order valence-electron chi connectivity index (χ4n) is 3.84. The van der Waals surface area contributed by atoms with Gasteiger partial charge in [0, 0.05) is 23.8 Å². The number of fused-ring (bicyclic) bond motifs is 1. The molecule has 5 rings (SSSR count). The van der Waals surface area contributed by atoms with Crippen LogP contribution in [-0.2, 0) is 0 Å². The minimum Gasteiger partial charge on any atom is -0.493 e. The highest BCUT2D eigenvalue weighted by molar-refractivity contribution is 6.04. The Morgan fingerprint density at radius 1 is 0.975 bits per heavy atom. The van der Waals surface area contributed by atoms with E-state index < -0.39 is 5.91 Å². The van der Waals surface area contributed by atoms with E-state index in [2.05, 4.69) is 25.4 Å². The molecule has 1 N–H and O–H groups in total. The highest BCUT2D eigenvalue weighted by atomic mass is 16.5. The molecular formula is C28H23N7O5. The minimum atomic E-state index is -0.516. The quantitative estimate of drug-likeness (QED) is 0.284. The highest BCUT2D eigenvalue weighted by Gasteiger charge is 2.20. The molecule has 5 aromatic rings. The van der Waals surface area contributed by atoms with Gasteiger partial charge in [-0.2, -0.15) is 10.4 Å². The molecule has 0 aliphatic carbocycles. The third-order valence-electron chi connectivity index (χ3n) is 5.72. The van der Waals surface area contributed by atoms with Gasteiger partial charge in [-0.15, -0.1) is 0 Å². The Balaban J connectivity index is 1.34. The molecular weight excluding hydrogens is 514 g/mol. The predicted octanol–water partition coefficient (Wildman–Crippen LogP) is 4.54. The van der Waals surface area contributed by atoms with Crippen molar-refractivity contribution in [2.24, 2.45) is 0 Å². The average Bonchev–Trinajstić information content (AvgIpc) is 3.42. The zero-order valence-electron chi connectivity index (χ0n) is 21.8. The smallest absolute Gasteiger partial charge is 0.281 e. The van der Waals surface area contributed by atoms with Gasteiger partial charge >= 0.3 is 0 Å². The van der Waals surface area contributed by atoms with Crippen molar-refractivity contribution in [2.75, 3.05) is 26.1 Å². The normalized spacial score (nSPS) is 10.6. The molecule has 0 radical (unpaired) electrons. The third-order valence-corrected chi connectivity index (χ3v) is 5.72. The van der Waals surface area contributed by atoms with E-state index in [1.54, 1.807) is 76.0 Å². The van der Waals surface area contributed by atoms with Crippen LogP contribution in [0, 0.1) is 11.3 Å². The summed E-state index contributed by atoms with van der Waals surface area (Å²) in [5.74, 6) is 2.59. The number of methoxy groups -OCH3 is 2. The summed E-state index contributed by atoms with van der Waals surface area (Å²) in [6.45, 7) is 2.14. The first-order valence-corrected chi connectivity index (χ1v) is 12.1. The van der Waals surface area contributed by atoms with Gasteiger partial charge < -0.3 is 24.3 Å². The van der Waals surface area contributed by atoms with Crippen molar-refractivity contribution in [1.29, 1.82) is 5.26 Å². The summed E-state index contributed by atoms with van der Waals surface area (Å²) in [4.78, 5) is 25.9. The van der Waals surface area contributed by atoms with Gasteiger partial charge in [-0.25, -0.2) is 14.6 Å². The van der Waals surface area contributed by atoms with Crippen LogP contribution in [-0.4, -0.2) is 51.5 Å². The zero-order valence-corrected chi connectivity index (χ0v) is 21.8. The number of nitrogens with zero attached hydrogens (tertiary/aromatic N) is 6. The van der Waals surface area contributed by atoms with Crippen LogP contribution in [0.15, 0.2) is 67.3 Å². The maximum atomic E-state index is 13.1. The molecule has 4 heterocycles. The van der Waals surface area contributed by atoms with Crippen LogP contribution < -0.4 is 24.3 Å². The van der Waals surface area contributed by atoms with Crippen molar-refractivity contribution in [3.8, 4) is 40.6 Å². The lowest BCUT2D eigenvalue weighted by Crippen LogP contribution is -2.15. The molecule has 12 heteroatoms. The molecule has 4 aromatic heterocycles. The number of nitriles is 1. The summed E-state index contributed by atoms with van der Waals surface area (Å²) >= 11 is 0. The molecule has 1 aromatic carbocycles. The lowest BCUT2D eigenvalue weighted by molar-refractivity contribution is 0.101. The molecule has 0 bridgehead atoms. The second-order valence-electron chi connectivity index (χ2n) is 8.21. The van der Waals surface area contributed by atoms with Crippen molar-refractivity contribution in [1.82, 2.24) is 24.7 Å². The van der Waals surface area contributed by atoms with Crippen LogP contribution in [0.5, 0.6) is 28.7 Å². The number of amides is 1. The number of carbonyl (C=O) groups excluding carboxylic acids is 1. The summed E-state index contributed by atoms with van der Waals surface area (Å²) < 4.78 is 23.8. The molecule has 0 aliphatic rings. The Kier molecular flexibility index (Phi) is 7.36. The summed E-state index contributed by atoms with van der Waals surface area (Å²) in [5.41, 5.74) is 1.14. The number of nitrogens with one attached hydrogen (secondary N) is 1. The van der Waals surface area contributed by atoms with Gasteiger partial charge in [0.1, 0.15) is 23.4 Å². The molecule has 0 fully saturated rings. The summed E-state index contributed by atoms with van der Waals surface area (Å²) in [6.07, 6.45) is 6.10. The predicted molar refractivity (Wildman–Crippen MR) is 144 cm³/mol. The maximum absolute atomic E-state index is 13.1. The van der Waals surface area contributed by atoms with Gasteiger partial charge in [-0.3, -0.25) is 9.78 Å². The average molecular weight is 538 g/mol. The van der Waals surface area contributed by atoms with Crippen LogP contribution >= 0.6 is 0 Å². The first kappa shape index (κ1) is 25.9. The summed E-state index contributed by atoms with van der Waals surface area (Å²) in [6, 6.07) is 13.8. The van der Waals surface area contributed by atoms with E-state index in [0.29, 0.717) is 46.5 Å². The van der Waals surface area contributed by atoms with E-state index in [9.17, 15) is 4.79 Å². The van der Waals surface area contributed by atoms with Crippen LogP contribution in [0.25, 0.3) is 16.7 Å². The van der Waals surface area contributed by atoms with Gasteiger partial charge in [-0.1, -0.05) is 0 Å². The van der Waals surface area contributed by atoms with Crippen LogP contribution in [0.1, 0.15) is 23.0 Å². The Hall–Kier alpha value is -5.70. The number of hydrogen-bond donors (Lipinski definition) is 1. The maximum Gasteiger partial charge on any atom is 0.281 e. The summed E-state index contributed by atoms with van der Waals surface area (Å²) in [7, 11) is 3.12. The molecule has 0 atom stereocenters. The lowest BCUT2D eigenvalue weighted by atomic mass is 10.2. The SMILES string of the molecule is CCOc1cn(-c2ccc(C#N)cn2)nc1C(=O)Nc1ccc(Oc2ccnc3cc(OC)c(OC)cc23)cn1. The fraction of sp³-hybridized carbons (Fsp3) is 0.143. The fourth-order valence-corrected chi connectivity index (χ4v) is 3.84. The van der Waals surface area contributed by atoms with Crippen molar-refractivity contribution < 1.29 is 23.7 Å². The number of benzene rings is 1. The van der Waals surface area contributed by atoms with E-state index in [0.717, 1.165) is 5.39 Å². The number of pyridine rings is 3. The Morgan fingerprint density at radius 2 is 1.80 bits per heavy atom. The summed E-state index contributed by atoms with van der Waals surface area (Å²) in [5, 5.41) is 16.8. The van der Waals surface area contributed by atoms with Crippen molar-refractivity contribution >= 4 is 22.6 Å². The van der Waals surface area contributed by atoms with E-state index in [-0.39, 0.29) is 17.3 Å². The van der Waals surface area contributed by atoms with Gasteiger partial charge in [0.25, 0.3) is 5.91 Å². The van der Waals surface area contributed by atoms with Crippen LogP contribution in [0.4, 0.5) is 5.82 Å². The van der Waals surface area contributed by atoms with Crippen LogP contribution in [0.3, 0.4) is 0 Å². The number of anilines is 1. The number of carbonyl (C=O) groups is 1. The molecule has 0 saturated heterocycles. The highest BCUT2D eigenvalue weighted by Crippen LogP contribution is 2.36. The number of rotatable bonds is 9. The Morgan fingerprint density at radius 3 is 2.48 bits per heavy atom. The molecule has 12 nitrogen and oxygen atoms in total. The van der Waals surface area contributed by atoms with Crippen molar-refractivity contribution in [3.05, 3.63) is 78.5 Å². The van der Waals surface area contributed by atoms with Crippen molar-refractivity contribution in [3.63, 3.8) is 0 Å².